The Kier molecular flexibility index (Phi) is 34.7. The molecule has 0 aliphatic heterocycles. The highest BCUT2D eigenvalue weighted by atomic mass is 16.3. The summed E-state index contributed by atoms with van der Waals surface area (Å²) >= 11 is 0. The maximum Gasteiger partial charge on any atom is 0.220 e. The van der Waals surface area contributed by atoms with E-state index in [1.807, 2.05) is 0 Å². The molecule has 0 spiro atoms. The minimum absolute atomic E-state index is 0.142. The molecule has 0 aromatic rings. The molecular weight excluding hydrogens is 546 g/mol. The number of rotatable bonds is 36. The molecule has 0 rings (SSSR count). The Morgan fingerprint density at radius 3 is 1.09 bits per heavy atom. The quantitative estimate of drug-likeness (QED) is 0.0521. The highest BCUT2D eigenvalue weighted by molar-refractivity contribution is 5.76. The first-order valence-electron chi connectivity index (χ1n) is 19.8. The molecule has 0 heterocycles. The Hall–Kier alpha value is -0.650. The monoisotopic (exact) mass is 626 g/mol. The molecule has 0 fully saturated rings. The molecule has 0 aromatic heterocycles. The highest BCUT2D eigenvalue weighted by Crippen LogP contribution is 2.16. The maximum absolute atomic E-state index is 12.4. The van der Waals surface area contributed by atoms with Crippen molar-refractivity contribution in [3.63, 3.8) is 0 Å². The third kappa shape index (κ3) is 30.0. The van der Waals surface area contributed by atoms with E-state index < -0.39 is 18.2 Å². The largest absolute Gasteiger partial charge is 0.394 e. The lowest BCUT2D eigenvalue weighted by atomic mass is 9.99. The summed E-state index contributed by atoms with van der Waals surface area (Å²) < 4.78 is 0. The van der Waals surface area contributed by atoms with Crippen molar-refractivity contribution >= 4 is 5.91 Å². The second-order valence-electron chi connectivity index (χ2n) is 13.9. The number of aliphatic hydroxyl groups is 3. The van der Waals surface area contributed by atoms with Gasteiger partial charge in [0.15, 0.2) is 0 Å². The van der Waals surface area contributed by atoms with Gasteiger partial charge in [-0.3, -0.25) is 4.79 Å². The molecule has 0 saturated carbocycles. The fourth-order valence-corrected chi connectivity index (χ4v) is 6.34. The Morgan fingerprint density at radius 2 is 0.773 bits per heavy atom. The fourth-order valence-electron chi connectivity index (χ4n) is 6.34. The lowest BCUT2D eigenvalue weighted by molar-refractivity contribution is -0.124. The average Bonchev–Trinajstić information content (AvgIpc) is 3.03. The van der Waals surface area contributed by atoms with Gasteiger partial charge >= 0.3 is 0 Å². The van der Waals surface area contributed by atoms with Crippen LogP contribution in [0, 0.1) is 0 Å². The summed E-state index contributed by atoms with van der Waals surface area (Å²) in [5, 5.41) is 33.4. The van der Waals surface area contributed by atoms with Gasteiger partial charge in [-0.25, -0.2) is 0 Å². The summed E-state index contributed by atoms with van der Waals surface area (Å²) in [6.45, 7) is 4.18. The van der Waals surface area contributed by atoms with Gasteiger partial charge in [0.1, 0.15) is 6.10 Å². The van der Waals surface area contributed by atoms with Gasteiger partial charge in [0.2, 0.25) is 5.91 Å². The Labute approximate surface area is 275 Å². The van der Waals surface area contributed by atoms with Gasteiger partial charge in [-0.2, -0.15) is 0 Å². The number of carbonyl (C=O) groups excluding carboxylic acids is 1. The van der Waals surface area contributed by atoms with Crippen LogP contribution in [0.25, 0.3) is 0 Å². The number of amides is 1. The molecule has 3 atom stereocenters. The van der Waals surface area contributed by atoms with Gasteiger partial charge in [0.25, 0.3) is 0 Å². The van der Waals surface area contributed by atoms with E-state index in [4.69, 9.17) is 0 Å². The zero-order valence-corrected chi connectivity index (χ0v) is 29.8. The Morgan fingerprint density at radius 1 is 0.477 bits per heavy atom. The number of hydrogen-bond donors (Lipinski definition) is 4. The van der Waals surface area contributed by atoms with E-state index in [1.54, 1.807) is 0 Å². The van der Waals surface area contributed by atoms with Crippen molar-refractivity contribution in [2.75, 3.05) is 6.61 Å². The second-order valence-corrected chi connectivity index (χ2v) is 13.9. The van der Waals surface area contributed by atoms with E-state index in [9.17, 15) is 20.1 Å². The summed E-state index contributed by atoms with van der Waals surface area (Å²) in [5.74, 6) is -0.142. The van der Waals surface area contributed by atoms with Gasteiger partial charge in [-0.05, 0) is 12.8 Å². The van der Waals surface area contributed by atoms with Crippen molar-refractivity contribution in [2.24, 2.45) is 0 Å². The molecule has 1 amide bonds. The topological polar surface area (TPSA) is 89.8 Å². The minimum Gasteiger partial charge on any atom is -0.394 e. The molecular formula is C39H79NO4. The molecule has 264 valence electrons. The molecule has 4 N–H and O–H groups in total. The second kappa shape index (κ2) is 35.2. The number of nitrogens with one attached hydrogen (secondary N) is 1. The van der Waals surface area contributed by atoms with Crippen molar-refractivity contribution in [3.8, 4) is 0 Å². The van der Waals surface area contributed by atoms with E-state index in [0.717, 1.165) is 32.1 Å². The summed E-state index contributed by atoms with van der Waals surface area (Å²) in [4.78, 5) is 12.4. The van der Waals surface area contributed by atoms with Gasteiger partial charge in [0.05, 0.1) is 18.8 Å². The van der Waals surface area contributed by atoms with E-state index in [1.165, 1.54) is 161 Å². The van der Waals surface area contributed by atoms with Crippen molar-refractivity contribution in [3.05, 3.63) is 0 Å². The van der Waals surface area contributed by atoms with Crippen molar-refractivity contribution < 1.29 is 20.1 Å². The first kappa shape index (κ1) is 43.4. The van der Waals surface area contributed by atoms with Crippen molar-refractivity contribution in [2.45, 2.75) is 238 Å². The highest BCUT2D eigenvalue weighted by Gasteiger charge is 2.26. The molecule has 0 saturated heterocycles. The van der Waals surface area contributed by atoms with Gasteiger partial charge in [0, 0.05) is 6.42 Å². The van der Waals surface area contributed by atoms with Crippen LogP contribution in [-0.4, -0.2) is 46.1 Å². The normalized spacial score (nSPS) is 13.7. The number of hydrogen-bond acceptors (Lipinski definition) is 4. The first-order valence-corrected chi connectivity index (χ1v) is 19.8. The molecule has 0 radical (unpaired) electrons. The predicted octanol–water partition coefficient (Wildman–Crippen LogP) is 10.7. The molecule has 0 aliphatic carbocycles. The molecule has 5 heteroatoms. The van der Waals surface area contributed by atoms with E-state index in [0.29, 0.717) is 12.8 Å². The van der Waals surface area contributed by atoms with Gasteiger partial charge in [-0.1, -0.05) is 200 Å². The third-order valence-corrected chi connectivity index (χ3v) is 9.46. The molecule has 0 unspecified atom stereocenters. The summed E-state index contributed by atoms with van der Waals surface area (Å²) in [6.07, 6.45) is 37.6. The van der Waals surface area contributed by atoms with Crippen LogP contribution in [0.15, 0.2) is 0 Å². The predicted molar refractivity (Wildman–Crippen MR) is 190 cm³/mol. The fraction of sp³-hybridized carbons (Fsp3) is 0.974. The zero-order chi connectivity index (χ0) is 32.4. The van der Waals surface area contributed by atoms with Crippen LogP contribution in [0.3, 0.4) is 0 Å². The summed E-state index contributed by atoms with van der Waals surface area (Å²) in [5.41, 5.74) is 0. The average molecular weight is 626 g/mol. The minimum atomic E-state index is -1.13. The lowest BCUT2D eigenvalue weighted by Gasteiger charge is -2.26. The van der Waals surface area contributed by atoms with Crippen LogP contribution in [0.4, 0.5) is 0 Å². The first-order chi connectivity index (χ1) is 21.6. The summed E-state index contributed by atoms with van der Waals surface area (Å²) in [7, 11) is 0. The van der Waals surface area contributed by atoms with Crippen molar-refractivity contribution in [1.82, 2.24) is 5.32 Å². The van der Waals surface area contributed by atoms with E-state index in [-0.39, 0.29) is 12.5 Å². The third-order valence-electron chi connectivity index (χ3n) is 9.46. The van der Waals surface area contributed by atoms with Gasteiger partial charge in [-0.15, -0.1) is 0 Å². The zero-order valence-electron chi connectivity index (χ0n) is 29.8. The standard InChI is InChI=1S/C39H79NO4/c1-3-5-7-9-11-13-15-17-19-20-22-24-26-28-30-32-34-38(43)40-36(35-41)39(44)37(42)33-31-29-27-25-23-21-18-16-14-12-10-8-6-4-2/h36-37,39,41-42,44H,3-35H2,1-2H3,(H,40,43)/t36-,37+,39-/m0/s1. The van der Waals surface area contributed by atoms with E-state index in [2.05, 4.69) is 19.2 Å². The summed E-state index contributed by atoms with van der Waals surface area (Å²) in [6, 6.07) is -0.801. The van der Waals surface area contributed by atoms with Crippen LogP contribution in [0.2, 0.25) is 0 Å². The van der Waals surface area contributed by atoms with Gasteiger partial charge < -0.3 is 20.6 Å². The maximum atomic E-state index is 12.4. The SMILES string of the molecule is CCCCCCCCCCCCCCCCCCC(=O)N[C@@H](CO)[C@H](O)[C@H](O)CCCCCCCCCCCCCCCC. The molecule has 0 bridgehead atoms. The van der Waals surface area contributed by atoms with Crippen LogP contribution in [0.1, 0.15) is 219 Å². The molecule has 0 aliphatic rings. The Balaban J connectivity index is 3.63. The smallest absolute Gasteiger partial charge is 0.220 e. The Bertz CT molecular complexity index is 572. The van der Waals surface area contributed by atoms with Crippen molar-refractivity contribution in [1.29, 1.82) is 0 Å². The molecule has 0 aromatic carbocycles. The number of aliphatic hydroxyl groups excluding tert-OH is 3. The molecule has 5 nitrogen and oxygen atoms in total. The number of unbranched alkanes of at least 4 members (excludes halogenated alkanes) is 28. The van der Waals surface area contributed by atoms with Crippen LogP contribution in [0.5, 0.6) is 0 Å². The number of carbonyl (C=O) groups is 1. The van der Waals surface area contributed by atoms with E-state index >= 15 is 0 Å². The van der Waals surface area contributed by atoms with Crippen LogP contribution >= 0.6 is 0 Å². The lowest BCUT2D eigenvalue weighted by Crippen LogP contribution is -2.50. The van der Waals surface area contributed by atoms with Crippen LogP contribution < -0.4 is 5.32 Å². The van der Waals surface area contributed by atoms with Crippen LogP contribution in [-0.2, 0) is 4.79 Å². The molecule has 44 heavy (non-hydrogen) atoms.